The SMILES string of the molecule is C=C/C=C\C=C(/N)c1nn[nH]n1. The Hall–Kier alpha value is -1.91. The Labute approximate surface area is 69.7 Å². The van der Waals surface area contributed by atoms with E-state index in [9.17, 15) is 0 Å². The van der Waals surface area contributed by atoms with Gasteiger partial charge in [0.05, 0.1) is 5.70 Å². The van der Waals surface area contributed by atoms with Gasteiger partial charge < -0.3 is 5.73 Å². The number of hydrogen-bond donors (Lipinski definition) is 2. The summed E-state index contributed by atoms with van der Waals surface area (Å²) < 4.78 is 0. The van der Waals surface area contributed by atoms with Crippen LogP contribution in [0.25, 0.3) is 5.70 Å². The summed E-state index contributed by atoms with van der Waals surface area (Å²) in [5.74, 6) is 0.392. The van der Waals surface area contributed by atoms with Crippen LogP contribution in [0.15, 0.2) is 30.9 Å². The van der Waals surface area contributed by atoms with Gasteiger partial charge in [-0.25, -0.2) is 0 Å². The number of H-pyrrole nitrogens is 1. The number of tetrazole rings is 1. The number of aromatic nitrogens is 4. The summed E-state index contributed by atoms with van der Waals surface area (Å²) in [5, 5.41) is 13.1. The molecule has 0 amide bonds. The highest BCUT2D eigenvalue weighted by Gasteiger charge is 1.98. The zero-order chi connectivity index (χ0) is 8.81. The Kier molecular flexibility index (Phi) is 2.78. The molecule has 0 fully saturated rings. The smallest absolute Gasteiger partial charge is 0.220 e. The van der Waals surface area contributed by atoms with Gasteiger partial charge in [0.1, 0.15) is 0 Å². The molecule has 1 aromatic rings. The Morgan fingerprint density at radius 1 is 1.50 bits per heavy atom. The minimum Gasteiger partial charge on any atom is -0.396 e. The van der Waals surface area contributed by atoms with Gasteiger partial charge in [-0.3, -0.25) is 0 Å². The van der Waals surface area contributed by atoms with Crippen molar-refractivity contribution in [1.29, 1.82) is 0 Å². The predicted molar refractivity (Wildman–Crippen MR) is 45.7 cm³/mol. The molecular formula is C7H9N5. The van der Waals surface area contributed by atoms with Crippen LogP contribution >= 0.6 is 0 Å². The monoisotopic (exact) mass is 163 g/mol. The van der Waals surface area contributed by atoms with E-state index in [2.05, 4.69) is 27.2 Å². The normalized spacial score (nSPS) is 12.2. The standard InChI is InChI=1S/C7H9N5/c1-2-3-4-5-6(8)7-9-11-12-10-7/h2-5H,1,8H2,(H,9,10,11,12)/b4-3-,6-5-. The molecule has 0 aliphatic carbocycles. The number of nitrogens with one attached hydrogen (secondary N) is 1. The second-order valence-electron chi connectivity index (χ2n) is 1.98. The Morgan fingerprint density at radius 2 is 2.33 bits per heavy atom. The first-order valence-corrected chi connectivity index (χ1v) is 3.33. The summed E-state index contributed by atoms with van der Waals surface area (Å²) in [6.07, 6.45) is 6.83. The van der Waals surface area contributed by atoms with Crippen molar-refractivity contribution < 1.29 is 0 Å². The van der Waals surface area contributed by atoms with Crippen LogP contribution in [0.3, 0.4) is 0 Å². The summed E-state index contributed by atoms with van der Waals surface area (Å²) in [7, 11) is 0. The molecule has 0 atom stereocenters. The average molecular weight is 163 g/mol. The molecule has 0 aliphatic rings. The van der Waals surface area contributed by atoms with E-state index in [0.717, 1.165) is 0 Å². The first-order chi connectivity index (χ1) is 5.84. The molecule has 5 heteroatoms. The molecule has 1 heterocycles. The van der Waals surface area contributed by atoms with Gasteiger partial charge in [-0.1, -0.05) is 24.8 Å². The molecule has 0 saturated heterocycles. The molecule has 62 valence electrons. The van der Waals surface area contributed by atoms with E-state index < -0.39 is 0 Å². The highest BCUT2D eigenvalue weighted by atomic mass is 15.5. The maximum Gasteiger partial charge on any atom is 0.220 e. The number of aromatic amines is 1. The van der Waals surface area contributed by atoms with E-state index in [4.69, 9.17) is 5.73 Å². The first-order valence-electron chi connectivity index (χ1n) is 3.33. The fourth-order valence-electron chi connectivity index (χ4n) is 0.596. The number of hydrogen-bond acceptors (Lipinski definition) is 4. The fraction of sp³-hybridized carbons (Fsp3) is 0. The lowest BCUT2D eigenvalue weighted by Gasteiger charge is -1.87. The second kappa shape index (κ2) is 4.07. The van der Waals surface area contributed by atoms with E-state index in [1.165, 1.54) is 0 Å². The summed E-state index contributed by atoms with van der Waals surface area (Å²) >= 11 is 0. The number of nitrogens with two attached hydrogens (primary N) is 1. The predicted octanol–water partition coefficient (Wildman–Crippen LogP) is 0.241. The van der Waals surface area contributed by atoms with Crippen LogP contribution in [0.2, 0.25) is 0 Å². The molecule has 0 radical (unpaired) electrons. The summed E-state index contributed by atoms with van der Waals surface area (Å²) in [5.41, 5.74) is 6.03. The van der Waals surface area contributed by atoms with Crippen molar-refractivity contribution in [2.24, 2.45) is 5.73 Å². The van der Waals surface area contributed by atoms with E-state index in [-0.39, 0.29) is 0 Å². The molecule has 3 N–H and O–H groups in total. The van der Waals surface area contributed by atoms with Crippen molar-refractivity contribution in [3.8, 4) is 0 Å². The molecule has 1 rings (SSSR count). The molecule has 0 aliphatic heterocycles. The molecule has 12 heavy (non-hydrogen) atoms. The van der Waals surface area contributed by atoms with Crippen molar-refractivity contribution in [3.05, 3.63) is 36.7 Å². The minimum absolute atomic E-state index is 0.392. The highest BCUT2D eigenvalue weighted by molar-refractivity contribution is 5.57. The van der Waals surface area contributed by atoms with Crippen LogP contribution in [0.1, 0.15) is 5.82 Å². The Balaban J connectivity index is 2.71. The van der Waals surface area contributed by atoms with Gasteiger partial charge in [-0.05, 0) is 11.3 Å². The van der Waals surface area contributed by atoms with Crippen LogP contribution < -0.4 is 5.73 Å². The number of rotatable bonds is 3. The van der Waals surface area contributed by atoms with Gasteiger partial charge >= 0.3 is 0 Å². The van der Waals surface area contributed by atoms with Crippen LogP contribution in [-0.4, -0.2) is 20.6 Å². The van der Waals surface area contributed by atoms with E-state index in [0.29, 0.717) is 11.5 Å². The molecule has 5 nitrogen and oxygen atoms in total. The van der Waals surface area contributed by atoms with Crippen molar-refractivity contribution in [2.75, 3.05) is 0 Å². The van der Waals surface area contributed by atoms with Gasteiger partial charge in [-0.2, -0.15) is 5.21 Å². The van der Waals surface area contributed by atoms with E-state index >= 15 is 0 Å². The van der Waals surface area contributed by atoms with Crippen LogP contribution in [0.4, 0.5) is 0 Å². The summed E-state index contributed by atoms with van der Waals surface area (Å²) in [4.78, 5) is 0. The van der Waals surface area contributed by atoms with E-state index in [1.54, 1.807) is 24.3 Å². The Bertz CT molecular complexity index is 296. The quantitative estimate of drug-likeness (QED) is 0.625. The summed E-state index contributed by atoms with van der Waals surface area (Å²) in [6.45, 7) is 3.51. The molecule has 0 saturated carbocycles. The molecule has 0 aromatic carbocycles. The lowest BCUT2D eigenvalue weighted by molar-refractivity contribution is 0.881. The maximum absolute atomic E-state index is 5.57. The largest absolute Gasteiger partial charge is 0.396 e. The number of nitrogens with zero attached hydrogens (tertiary/aromatic N) is 3. The van der Waals surface area contributed by atoms with Crippen LogP contribution in [0, 0.1) is 0 Å². The lowest BCUT2D eigenvalue weighted by atomic mass is 10.3. The first kappa shape index (κ1) is 8.19. The average Bonchev–Trinajstić information content (AvgIpc) is 2.56. The third-order valence-corrected chi connectivity index (χ3v) is 1.13. The number of allylic oxidation sites excluding steroid dienone is 4. The highest BCUT2D eigenvalue weighted by Crippen LogP contribution is 1.97. The van der Waals surface area contributed by atoms with Gasteiger partial charge in [-0.15, -0.1) is 10.2 Å². The molecular weight excluding hydrogens is 154 g/mol. The maximum atomic E-state index is 5.57. The topological polar surface area (TPSA) is 80.5 Å². The second-order valence-corrected chi connectivity index (χ2v) is 1.98. The van der Waals surface area contributed by atoms with Crippen molar-refractivity contribution in [3.63, 3.8) is 0 Å². The van der Waals surface area contributed by atoms with Gasteiger partial charge in [0.25, 0.3) is 0 Å². The Morgan fingerprint density at radius 3 is 2.92 bits per heavy atom. The molecule has 0 unspecified atom stereocenters. The minimum atomic E-state index is 0.392. The zero-order valence-corrected chi connectivity index (χ0v) is 6.44. The molecule has 0 bridgehead atoms. The molecule has 1 aromatic heterocycles. The third-order valence-electron chi connectivity index (χ3n) is 1.13. The van der Waals surface area contributed by atoms with Crippen LogP contribution in [0.5, 0.6) is 0 Å². The van der Waals surface area contributed by atoms with Gasteiger partial charge in [0.2, 0.25) is 5.82 Å². The summed E-state index contributed by atoms with van der Waals surface area (Å²) in [6, 6.07) is 0. The van der Waals surface area contributed by atoms with Crippen LogP contribution in [-0.2, 0) is 0 Å². The van der Waals surface area contributed by atoms with E-state index in [1.807, 2.05) is 0 Å². The van der Waals surface area contributed by atoms with Gasteiger partial charge in [0, 0.05) is 0 Å². The van der Waals surface area contributed by atoms with Gasteiger partial charge in [0.15, 0.2) is 0 Å². The molecule has 0 spiro atoms. The van der Waals surface area contributed by atoms with Crippen molar-refractivity contribution in [2.45, 2.75) is 0 Å². The fourth-order valence-corrected chi connectivity index (χ4v) is 0.596. The van der Waals surface area contributed by atoms with Crippen molar-refractivity contribution in [1.82, 2.24) is 20.6 Å². The third kappa shape index (κ3) is 2.05. The van der Waals surface area contributed by atoms with Crippen molar-refractivity contribution >= 4 is 5.70 Å². The zero-order valence-electron chi connectivity index (χ0n) is 6.44. The lowest BCUT2D eigenvalue weighted by Crippen LogP contribution is -1.97.